The fraction of sp³-hybridized carbons (Fsp3) is 0.476. The van der Waals surface area contributed by atoms with Crippen LogP contribution in [0.25, 0.3) is 11.3 Å². The van der Waals surface area contributed by atoms with Gasteiger partial charge in [-0.3, -0.25) is 0 Å². The Hall–Kier alpha value is -2.83. The summed E-state index contributed by atoms with van der Waals surface area (Å²) in [7, 11) is 0. The second-order valence-electron chi connectivity index (χ2n) is 6.75. The van der Waals surface area contributed by atoms with Crippen LogP contribution in [0, 0.1) is 0 Å². The molecule has 1 aliphatic heterocycles. The lowest BCUT2D eigenvalue weighted by atomic mass is 10.1. The van der Waals surface area contributed by atoms with Gasteiger partial charge in [-0.05, 0) is 13.3 Å². The predicted octanol–water partition coefficient (Wildman–Crippen LogP) is 3.63. The summed E-state index contributed by atoms with van der Waals surface area (Å²) in [5.74, 6) is 1.54. The molecule has 7 nitrogen and oxygen atoms in total. The van der Waals surface area contributed by atoms with Crippen LogP contribution in [0.1, 0.15) is 26.7 Å². The van der Waals surface area contributed by atoms with E-state index in [9.17, 15) is 4.79 Å². The summed E-state index contributed by atoms with van der Waals surface area (Å²) < 4.78 is 5.11. The zero-order valence-corrected chi connectivity index (χ0v) is 16.7. The van der Waals surface area contributed by atoms with Crippen LogP contribution in [0.2, 0.25) is 0 Å². The molecule has 3 rings (SSSR count). The molecule has 2 aromatic rings. The van der Waals surface area contributed by atoms with E-state index in [0.717, 1.165) is 49.6 Å². The third-order valence-corrected chi connectivity index (χ3v) is 4.73. The van der Waals surface area contributed by atoms with Crippen molar-refractivity contribution in [1.29, 1.82) is 0 Å². The Morgan fingerprint density at radius 1 is 1.11 bits per heavy atom. The molecule has 0 aliphatic carbocycles. The highest BCUT2D eigenvalue weighted by Crippen LogP contribution is 2.24. The molecule has 1 amide bonds. The first-order valence-corrected chi connectivity index (χ1v) is 10.1. The molecule has 1 aliphatic rings. The number of benzene rings is 1. The highest BCUT2D eigenvalue weighted by atomic mass is 16.6. The van der Waals surface area contributed by atoms with E-state index in [4.69, 9.17) is 14.7 Å². The second kappa shape index (κ2) is 9.92. The molecule has 0 bridgehead atoms. The first kappa shape index (κ1) is 19.9. The lowest BCUT2D eigenvalue weighted by Gasteiger charge is -2.34. The van der Waals surface area contributed by atoms with Gasteiger partial charge >= 0.3 is 6.09 Å². The molecule has 0 spiro atoms. The summed E-state index contributed by atoms with van der Waals surface area (Å²) in [6.07, 6.45) is 1.96. The number of hydrogen-bond donors (Lipinski definition) is 1. The Bertz CT molecular complexity index is 761. The molecule has 2 heterocycles. The van der Waals surface area contributed by atoms with Crippen molar-refractivity contribution in [3.05, 3.63) is 36.4 Å². The van der Waals surface area contributed by atoms with E-state index < -0.39 is 0 Å². The molecule has 1 aromatic carbocycles. The predicted molar refractivity (Wildman–Crippen MR) is 112 cm³/mol. The third kappa shape index (κ3) is 5.12. The number of aromatic nitrogens is 2. The number of rotatable bonds is 7. The molecule has 1 N–H and O–H groups in total. The molecule has 1 aromatic heterocycles. The van der Waals surface area contributed by atoms with Crippen LogP contribution in [-0.2, 0) is 4.74 Å². The molecule has 7 heteroatoms. The quantitative estimate of drug-likeness (QED) is 0.736. The van der Waals surface area contributed by atoms with E-state index in [2.05, 4.69) is 29.3 Å². The molecular weight excluding hydrogens is 354 g/mol. The minimum atomic E-state index is -0.239. The van der Waals surface area contributed by atoms with Gasteiger partial charge in [-0.15, -0.1) is 0 Å². The number of carbonyl (C=O) groups excluding carboxylic acids is 1. The van der Waals surface area contributed by atoms with Crippen molar-refractivity contribution in [2.24, 2.45) is 0 Å². The number of amides is 1. The number of piperazine rings is 1. The van der Waals surface area contributed by atoms with Crippen molar-refractivity contribution in [2.75, 3.05) is 49.5 Å². The number of ether oxygens (including phenoxy) is 1. The maximum absolute atomic E-state index is 11.9. The van der Waals surface area contributed by atoms with Gasteiger partial charge in [-0.1, -0.05) is 43.7 Å². The van der Waals surface area contributed by atoms with Crippen molar-refractivity contribution in [1.82, 2.24) is 14.9 Å². The molecule has 1 saturated heterocycles. The van der Waals surface area contributed by atoms with Crippen molar-refractivity contribution in [3.63, 3.8) is 0 Å². The molecule has 28 heavy (non-hydrogen) atoms. The summed E-state index contributed by atoms with van der Waals surface area (Å²) in [6, 6.07) is 12.2. The SMILES string of the molecule is CCCCNc1nc(-c2ccccc2)cc(N2CCN(C(=O)OCC)CC2)n1. The first-order chi connectivity index (χ1) is 13.7. The van der Waals surface area contributed by atoms with Gasteiger partial charge in [0.25, 0.3) is 0 Å². The van der Waals surface area contributed by atoms with Crippen LogP contribution in [0.4, 0.5) is 16.6 Å². The van der Waals surface area contributed by atoms with Crippen LogP contribution in [0.15, 0.2) is 36.4 Å². The van der Waals surface area contributed by atoms with Crippen molar-refractivity contribution in [2.45, 2.75) is 26.7 Å². The van der Waals surface area contributed by atoms with Gasteiger partial charge in [-0.25, -0.2) is 9.78 Å². The Labute approximate surface area is 166 Å². The summed E-state index contributed by atoms with van der Waals surface area (Å²) >= 11 is 0. The molecule has 0 radical (unpaired) electrons. The normalized spacial score (nSPS) is 14.1. The van der Waals surface area contributed by atoms with Crippen molar-refractivity contribution in [3.8, 4) is 11.3 Å². The van der Waals surface area contributed by atoms with E-state index in [-0.39, 0.29) is 6.09 Å². The van der Waals surface area contributed by atoms with Gasteiger partial charge in [0.15, 0.2) is 0 Å². The van der Waals surface area contributed by atoms with E-state index in [1.165, 1.54) is 0 Å². The van der Waals surface area contributed by atoms with E-state index >= 15 is 0 Å². The Morgan fingerprint density at radius 2 is 1.86 bits per heavy atom. The average molecular weight is 383 g/mol. The molecule has 0 atom stereocenters. The average Bonchev–Trinajstić information content (AvgIpc) is 2.75. The maximum Gasteiger partial charge on any atom is 0.409 e. The topological polar surface area (TPSA) is 70.6 Å². The third-order valence-electron chi connectivity index (χ3n) is 4.73. The number of unbranched alkanes of at least 4 members (excludes halogenated alkanes) is 1. The summed E-state index contributed by atoms with van der Waals surface area (Å²) in [4.78, 5) is 25.3. The largest absolute Gasteiger partial charge is 0.450 e. The number of hydrogen-bond acceptors (Lipinski definition) is 6. The minimum Gasteiger partial charge on any atom is -0.450 e. The second-order valence-corrected chi connectivity index (χ2v) is 6.75. The molecule has 0 unspecified atom stereocenters. The zero-order chi connectivity index (χ0) is 19.8. The lowest BCUT2D eigenvalue weighted by Crippen LogP contribution is -2.49. The van der Waals surface area contributed by atoms with Crippen LogP contribution in [-0.4, -0.2) is 60.3 Å². The Kier molecular flexibility index (Phi) is 7.06. The lowest BCUT2D eigenvalue weighted by molar-refractivity contribution is 0.105. The molecule has 1 fully saturated rings. The number of anilines is 2. The summed E-state index contributed by atoms with van der Waals surface area (Å²) in [6.45, 7) is 7.94. The number of carbonyl (C=O) groups is 1. The van der Waals surface area contributed by atoms with Gasteiger partial charge in [0, 0.05) is 44.4 Å². The Morgan fingerprint density at radius 3 is 2.54 bits per heavy atom. The minimum absolute atomic E-state index is 0.239. The highest BCUT2D eigenvalue weighted by Gasteiger charge is 2.23. The van der Waals surface area contributed by atoms with Crippen LogP contribution in [0.3, 0.4) is 0 Å². The fourth-order valence-corrected chi connectivity index (χ4v) is 3.14. The molecular formula is C21H29N5O2. The Balaban J connectivity index is 1.78. The fourth-order valence-electron chi connectivity index (χ4n) is 3.14. The summed E-state index contributed by atoms with van der Waals surface area (Å²) in [5, 5.41) is 3.35. The van der Waals surface area contributed by atoms with Crippen LogP contribution in [0.5, 0.6) is 0 Å². The van der Waals surface area contributed by atoms with Crippen molar-refractivity contribution < 1.29 is 9.53 Å². The van der Waals surface area contributed by atoms with Gasteiger partial charge < -0.3 is 19.9 Å². The highest BCUT2D eigenvalue weighted by molar-refractivity contribution is 5.68. The monoisotopic (exact) mass is 383 g/mol. The number of nitrogens with one attached hydrogen (secondary N) is 1. The number of nitrogens with zero attached hydrogens (tertiary/aromatic N) is 4. The first-order valence-electron chi connectivity index (χ1n) is 10.1. The standard InChI is InChI=1S/C21H29N5O2/c1-3-5-11-22-20-23-18(17-9-7-6-8-10-17)16-19(24-20)25-12-14-26(15-13-25)21(27)28-4-2/h6-10,16H,3-5,11-15H2,1-2H3,(H,22,23,24). The van der Waals surface area contributed by atoms with Gasteiger partial charge in [0.05, 0.1) is 12.3 Å². The summed E-state index contributed by atoms with van der Waals surface area (Å²) in [5.41, 5.74) is 1.97. The maximum atomic E-state index is 11.9. The zero-order valence-electron chi connectivity index (χ0n) is 16.7. The van der Waals surface area contributed by atoms with Crippen LogP contribution < -0.4 is 10.2 Å². The van der Waals surface area contributed by atoms with Gasteiger partial charge in [0.2, 0.25) is 5.95 Å². The molecule has 150 valence electrons. The van der Waals surface area contributed by atoms with E-state index in [0.29, 0.717) is 25.6 Å². The smallest absolute Gasteiger partial charge is 0.409 e. The van der Waals surface area contributed by atoms with Crippen molar-refractivity contribution >= 4 is 17.9 Å². The van der Waals surface area contributed by atoms with Gasteiger partial charge in [-0.2, -0.15) is 4.98 Å². The molecule has 0 saturated carbocycles. The van der Waals surface area contributed by atoms with E-state index in [1.54, 1.807) is 4.90 Å². The van der Waals surface area contributed by atoms with E-state index in [1.807, 2.05) is 31.2 Å². The van der Waals surface area contributed by atoms with Crippen LogP contribution >= 0.6 is 0 Å². The van der Waals surface area contributed by atoms with Gasteiger partial charge in [0.1, 0.15) is 5.82 Å².